The lowest BCUT2D eigenvalue weighted by atomic mass is 10.1. The van der Waals surface area contributed by atoms with E-state index in [1.54, 1.807) is 0 Å². The van der Waals surface area contributed by atoms with E-state index >= 15 is 0 Å². The fraction of sp³-hybridized carbons (Fsp3) is 0.554. The molecular formula is C74H114O6. The topological polar surface area (TPSA) is 78.9 Å². The van der Waals surface area contributed by atoms with Crippen LogP contribution in [0.4, 0.5) is 0 Å². The fourth-order valence-corrected chi connectivity index (χ4v) is 7.91. The highest BCUT2D eigenvalue weighted by atomic mass is 16.6. The number of unbranched alkanes of at least 4 members (excludes halogenated alkanes) is 14. The first-order valence-corrected chi connectivity index (χ1v) is 31.8. The molecule has 446 valence electrons. The van der Waals surface area contributed by atoms with Crippen molar-refractivity contribution in [1.82, 2.24) is 0 Å². The molecule has 1 atom stereocenters. The maximum atomic E-state index is 12.9. The maximum absolute atomic E-state index is 12.9. The van der Waals surface area contributed by atoms with Gasteiger partial charge in [-0.25, -0.2) is 0 Å². The number of rotatable bonds is 55. The number of hydrogen-bond donors (Lipinski definition) is 0. The summed E-state index contributed by atoms with van der Waals surface area (Å²) in [5.41, 5.74) is 0. The Kier molecular flexibility index (Phi) is 61.5. The molecule has 0 saturated heterocycles. The van der Waals surface area contributed by atoms with Gasteiger partial charge in [0.1, 0.15) is 13.2 Å². The molecular weight excluding hydrogens is 985 g/mol. The summed E-state index contributed by atoms with van der Waals surface area (Å²) in [5, 5.41) is 0. The molecule has 0 fully saturated rings. The van der Waals surface area contributed by atoms with E-state index in [0.29, 0.717) is 19.3 Å². The van der Waals surface area contributed by atoms with Crippen LogP contribution in [-0.4, -0.2) is 37.2 Å². The minimum atomic E-state index is -0.828. The van der Waals surface area contributed by atoms with Gasteiger partial charge in [-0.3, -0.25) is 14.4 Å². The van der Waals surface area contributed by atoms with E-state index in [-0.39, 0.29) is 37.5 Å². The molecule has 0 aromatic carbocycles. The molecule has 0 aliphatic carbocycles. The summed E-state index contributed by atoms with van der Waals surface area (Å²) in [5.74, 6) is -1.00. The molecule has 0 N–H and O–H groups in total. The van der Waals surface area contributed by atoms with Crippen molar-refractivity contribution in [3.63, 3.8) is 0 Å². The van der Waals surface area contributed by atoms with E-state index in [9.17, 15) is 14.4 Å². The summed E-state index contributed by atoms with van der Waals surface area (Å²) in [4.78, 5) is 38.3. The smallest absolute Gasteiger partial charge is 0.306 e. The monoisotopic (exact) mass is 1100 g/mol. The minimum Gasteiger partial charge on any atom is -0.462 e. The molecule has 0 bridgehead atoms. The Morgan fingerprint density at radius 3 is 0.787 bits per heavy atom. The van der Waals surface area contributed by atoms with Crippen molar-refractivity contribution < 1.29 is 28.6 Å². The van der Waals surface area contributed by atoms with Gasteiger partial charge in [-0.2, -0.15) is 0 Å². The Morgan fingerprint density at radius 2 is 0.487 bits per heavy atom. The fourth-order valence-electron chi connectivity index (χ4n) is 7.91. The van der Waals surface area contributed by atoms with Crippen LogP contribution in [0.1, 0.15) is 245 Å². The summed E-state index contributed by atoms with van der Waals surface area (Å²) >= 11 is 0. The molecule has 0 aromatic rings. The third-order valence-electron chi connectivity index (χ3n) is 12.6. The lowest BCUT2D eigenvalue weighted by molar-refractivity contribution is -0.167. The molecule has 0 rings (SSSR count). The summed E-state index contributed by atoms with van der Waals surface area (Å²) < 4.78 is 16.8. The van der Waals surface area contributed by atoms with Gasteiger partial charge in [-0.15, -0.1) is 0 Å². The number of allylic oxidation sites excluding steroid dienone is 30. The van der Waals surface area contributed by atoms with Crippen LogP contribution in [-0.2, 0) is 28.6 Å². The second-order valence-corrected chi connectivity index (χ2v) is 20.2. The lowest BCUT2D eigenvalue weighted by Crippen LogP contribution is -2.30. The number of carbonyl (C=O) groups excluding carboxylic acids is 3. The number of esters is 3. The molecule has 1 unspecified atom stereocenters. The van der Waals surface area contributed by atoms with E-state index in [1.807, 2.05) is 0 Å². The van der Waals surface area contributed by atoms with Gasteiger partial charge in [-0.05, 0) is 154 Å². The summed E-state index contributed by atoms with van der Waals surface area (Å²) in [6, 6.07) is 0. The van der Waals surface area contributed by atoms with Gasteiger partial charge in [0, 0.05) is 19.3 Å². The maximum Gasteiger partial charge on any atom is 0.306 e. The average molecular weight is 1100 g/mol. The van der Waals surface area contributed by atoms with E-state index in [0.717, 1.165) is 180 Å². The van der Waals surface area contributed by atoms with Crippen LogP contribution in [0.5, 0.6) is 0 Å². The Balaban J connectivity index is 4.52. The first-order chi connectivity index (χ1) is 39.5. The summed E-state index contributed by atoms with van der Waals surface area (Å²) in [6.45, 7) is 6.29. The first kappa shape index (κ1) is 74.5. The molecule has 0 spiro atoms. The Labute approximate surface area is 491 Å². The van der Waals surface area contributed by atoms with Crippen LogP contribution in [0, 0.1) is 0 Å². The highest BCUT2D eigenvalue weighted by Gasteiger charge is 2.19. The molecule has 0 aromatic heterocycles. The zero-order chi connectivity index (χ0) is 57.8. The van der Waals surface area contributed by atoms with E-state index in [1.165, 1.54) is 19.3 Å². The second-order valence-electron chi connectivity index (χ2n) is 20.2. The predicted octanol–water partition coefficient (Wildman–Crippen LogP) is 22.0. The van der Waals surface area contributed by atoms with E-state index < -0.39 is 6.10 Å². The van der Waals surface area contributed by atoms with Crippen molar-refractivity contribution in [3.05, 3.63) is 182 Å². The van der Waals surface area contributed by atoms with Gasteiger partial charge < -0.3 is 14.2 Å². The van der Waals surface area contributed by atoms with Crippen molar-refractivity contribution in [2.75, 3.05) is 13.2 Å². The molecule has 0 heterocycles. The van der Waals surface area contributed by atoms with Crippen molar-refractivity contribution in [2.24, 2.45) is 0 Å². The zero-order valence-electron chi connectivity index (χ0n) is 51.0. The highest BCUT2D eigenvalue weighted by molar-refractivity contribution is 5.71. The molecule has 6 heteroatoms. The Bertz CT molecular complexity index is 1890. The molecule has 0 amide bonds. The van der Waals surface area contributed by atoms with Crippen molar-refractivity contribution in [2.45, 2.75) is 252 Å². The second kappa shape index (κ2) is 66.0. The van der Waals surface area contributed by atoms with Crippen LogP contribution >= 0.6 is 0 Å². The van der Waals surface area contributed by atoms with Crippen LogP contribution < -0.4 is 0 Å². The van der Waals surface area contributed by atoms with Crippen molar-refractivity contribution in [3.8, 4) is 0 Å². The third-order valence-corrected chi connectivity index (χ3v) is 12.6. The van der Waals surface area contributed by atoms with Crippen LogP contribution in [0.25, 0.3) is 0 Å². The molecule has 0 aliphatic rings. The SMILES string of the molecule is CC/C=C\C/C=C\C/C=C\C/C=C\C/C=C\C/C=C\C/C=C\CCCCCCCC(=O)OCC(COC(=O)CCCCCCC/C=C\C/C=C\CCCC)OC(=O)CCCC/C=C\C/C=C\C/C=C\C/C=C\C/C=C\C/C=C\CC. The highest BCUT2D eigenvalue weighted by Crippen LogP contribution is 2.13. The largest absolute Gasteiger partial charge is 0.462 e. The average Bonchev–Trinajstić information content (AvgIpc) is 3.46. The Morgan fingerprint density at radius 1 is 0.263 bits per heavy atom. The summed E-state index contributed by atoms with van der Waals surface area (Å²) in [6.07, 6.45) is 98.9. The zero-order valence-corrected chi connectivity index (χ0v) is 51.0. The molecule has 0 radical (unpaired) electrons. The van der Waals surface area contributed by atoms with Crippen molar-refractivity contribution >= 4 is 17.9 Å². The van der Waals surface area contributed by atoms with Gasteiger partial charge in [-0.1, -0.05) is 254 Å². The van der Waals surface area contributed by atoms with Crippen LogP contribution in [0.2, 0.25) is 0 Å². The quantitative estimate of drug-likeness (QED) is 0.0261. The predicted molar refractivity (Wildman–Crippen MR) is 348 cm³/mol. The molecule has 80 heavy (non-hydrogen) atoms. The van der Waals surface area contributed by atoms with E-state index in [2.05, 4.69) is 203 Å². The molecule has 6 nitrogen and oxygen atoms in total. The first-order valence-electron chi connectivity index (χ1n) is 31.8. The van der Waals surface area contributed by atoms with Gasteiger partial charge >= 0.3 is 17.9 Å². The Hall–Kier alpha value is -5.49. The lowest BCUT2D eigenvalue weighted by Gasteiger charge is -2.18. The number of carbonyl (C=O) groups is 3. The van der Waals surface area contributed by atoms with Crippen LogP contribution in [0.15, 0.2) is 182 Å². The number of hydrogen-bond acceptors (Lipinski definition) is 6. The van der Waals surface area contributed by atoms with Gasteiger partial charge in [0.25, 0.3) is 0 Å². The molecule has 0 aliphatic heterocycles. The van der Waals surface area contributed by atoms with Gasteiger partial charge in [0.15, 0.2) is 6.10 Å². The summed E-state index contributed by atoms with van der Waals surface area (Å²) in [7, 11) is 0. The minimum absolute atomic E-state index is 0.119. The molecule has 0 saturated carbocycles. The third kappa shape index (κ3) is 63.3. The number of ether oxygens (including phenoxy) is 3. The van der Waals surface area contributed by atoms with Gasteiger partial charge in [0.2, 0.25) is 0 Å². The van der Waals surface area contributed by atoms with Crippen molar-refractivity contribution in [1.29, 1.82) is 0 Å². The van der Waals surface area contributed by atoms with Crippen LogP contribution in [0.3, 0.4) is 0 Å². The van der Waals surface area contributed by atoms with E-state index in [4.69, 9.17) is 14.2 Å². The standard InChI is InChI=1S/C74H114O6/c1-4-7-10-13-16-19-22-25-28-30-32-34-35-36-37-38-39-41-42-44-46-49-52-55-58-61-64-67-73(76)79-70-71(69-78-72(75)66-63-60-57-54-51-48-27-24-21-18-15-12-9-6-3)80-74(77)68-65-62-59-56-53-50-47-45-43-40-33-31-29-26-23-20-17-14-11-8-5-2/h7-8,10-11,15-20,24-29,32-34,36-37,39-41,44-47,53,56,71H,4-6,9,12-14,21-23,30-31,35,38,42-43,48-52,54-55,57-70H2,1-3H3/b10-7-,11-8-,18-15-,19-16-,20-17-,27-24-,28-25-,29-26-,34-32-,37-36-,40-33-,41-39-,46-44-,47-45-,56-53-. The normalized spacial score (nSPS) is 13.4. The van der Waals surface area contributed by atoms with Gasteiger partial charge in [0.05, 0.1) is 0 Å².